The number of nitrogens with two attached hydrogens (primary N) is 1. The standard InChI is InChI=1S/C12H14Br2F3NO/c1-7-4-10(14)8(5-9(7)13)11(18)2-3-19-6-12(15,16)17/h4-5,11H,2-3,6,18H2,1H3. The molecule has 0 spiro atoms. The summed E-state index contributed by atoms with van der Waals surface area (Å²) in [6.07, 6.45) is -3.97. The summed E-state index contributed by atoms with van der Waals surface area (Å²) >= 11 is 6.80. The molecule has 1 rings (SSSR count). The lowest BCUT2D eigenvalue weighted by molar-refractivity contribution is -0.174. The van der Waals surface area contributed by atoms with E-state index in [0.717, 1.165) is 20.1 Å². The fourth-order valence-electron chi connectivity index (χ4n) is 1.50. The molecule has 0 aromatic heterocycles. The molecule has 2 N–H and O–H groups in total. The lowest BCUT2D eigenvalue weighted by Crippen LogP contribution is -2.20. The highest BCUT2D eigenvalue weighted by Crippen LogP contribution is 2.30. The van der Waals surface area contributed by atoms with E-state index in [1.807, 2.05) is 19.1 Å². The third kappa shape index (κ3) is 5.81. The van der Waals surface area contributed by atoms with Crippen molar-refractivity contribution >= 4 is 31.9 Å². The second-order valence-electron chi connectivity index (χ2n) is 4.19. The summed E-state index contributed by atoms with van der Waals surface area (Å²) in [7, 11) is 0. The SMILES string of the molecule is Cc1cc(Br)c(C(N)CCOCC(F)(F)F)cc1Br. The molecule has 0 heterocycles. The van der Waals surface area contributed by atoms with Gasteiger partial charge >= 0.3 is 6.18 Å². The van der Waals surface area contributed by atoms with Crippen molar-refractivity contribution < 1.29 is 17.9 Å². The van der Waals surface area contributed by atoms with Gasteiger partial charge in [0.05, 0.1) is 0 Å². The molecule has 1 aromatic rings. The van der Waals surface area contributed by atoms with Crippen LogP contribution < -0.4 is 5.73 Å². The Hall–Kier alpha value is -0.110. The Balaban J connectivity index is 2.54. The number of halogens is 5. The van der Waals surface area contributed by atoms with Crippen LogP contribution in [0.2, 0.25) is 0 Å². The Labute approximate surface area is 126 Å². The van der Waals surface area contributed by atoms with E-state index in [4.69, 9.17) is 5.73 Å². The van der Waals surface area contributed by atoms with Crippen molar-refractivity contribution in [3.05, 3.63) is 32.2 Å². The van der Waals surface area contributed by atoms with Crippen LogP contribution in [0.4, 0.5) is 13.2 Å². The number of hydrogen-bond donors (Lipinski definition) is 1. The van der Waals surface area contributed by atoms with E-state index in [0.29, 0.717) is 6.42 Å². The van der Waals surface area contributed by atoms with Gasteiger partial charge in [0.15, 0.2) is 0 Å². The second kappa shape index (κ2) is 7.06. The van der Waals surface area contributed by atoms with E-state index in [9.17, 15) is 13.2 Å². The van der Waals surface area contributed by atoms with Gasteiger partial charge in [0.1, 0.15) is 6.61 Å². The monoisotopic (exact) mass is 403 g/mol. The van der Waals surface area contributed by atoms with Crippen molar-refractivity contribution in [2.24, 2.45) is 5.73 Å². The van der Waals surface area contributed by atoms with Gasteiger partial charge in [0.2, 0.25) is 0 Å². The molecule has 1 unspecified atom stereocenters. The van der Waals surface area contributed by atoms with Gasteiger partial charge in [-0.2, -0.15) is 13.2 Å². The van der Waals surface area contributed by atoms with Crippen molar-refractivity contribution in [1.82, 2.24) is 0 Å². The smallest absolute Gasteiger partial charge is 0.372 e. The van der Waals surface area contributed by atoms with E-state index in [1.54, 1.807) is 0 Å². The predicted molar refractivity (Wildman–Crippen MR) is 75.0 cm³/mol. The van der Waals surface area contributed by atoms with Crippen LogP contribution in [0.1, 0.15) is 23.6 Å². The first-order valence-corrected chi connectivity index (χ1v) is 7.15. The van der Waals surface area contributed by atoms with Crippen molar-refractivity contribution in [2.75, 3.05) is 13.2 Å². The maximum absolute atomic E-state index is 11.9. The van der Waals surface area contributed by atoms with Crippen molar-refractivity contribution in [2.45, 2.75) is 25.6 Å². The first-order chi connectivity index (χ1) is 8.70. The van der Waals surface area contributed by atoms with Crippen LogP contribution in [0.15, 0.2) is 21.1 Å². The number of alkyl halides is 3. The molecule has 0 aliphatic heterocycles. The Bertz CT molecular complexity index is 438. The molecule has 1 atom stereocenters. The summed E-state index contributed by atoms with van der Waals surface area (Å²) in [5.41, 5.74) is 7.85. The molecule has 0 aliphatic rings. The minimum absolute atomic E-state index is 0.0292. The average Bonchev–Trinajstić information content (AvgIpc) is 2.28. The van der Waals surface area contributed by atoms with E-state index >= 15 is 0 Å². The molecule has 0 radical (unpaired) electrons. The third-order valence-corrected chi connectivity index (χ3v) is 4.06. The van der Waals surface area contributed by atoms with Crippen LogP contribution in [-0.4, -0.2) is 19.4 Å². The Kier molecular flexibility index (Phi) is 6.29. The third-order valence-electron chi connectivity index (χ3n) is 2.52. The Morgan fingerprint density at radius 2 is 1.89 bits per heavy atom. The first kappa shape index (κ1) is 16.9. The summed E-state index contributed by atoms with van der Waals surface area (Å²) < 4.78 is 42.0. The van der Waals surface area contributed by atoms with Crippen LogP contribution in [0.3, 0.4) is 0 Å². The predicted octanol–water partition coefficient (Wildman–Crippen LogP) is 4.49. The summed E-state index contributed by atoms with van der Waals surface area (Å²) in [4.78, 5) is 0. The van der Waals surface area contributed by atoms with Crippen LogP contribution in [-0.2, 0) is 4.74 Å². The van der Waals surface area contributed by atoms with Gasteiger partial charge in [-0.05, 0) is 36.6 Å². The van der Waals surface area contributed by atoms with Crippen molar-refractivity contribution in [1.29, 1.82) is 0 Å². The average molecular weight is 405 g/mol. The summed E-state index contributed by atoms with van der Waals surface area (Å²) in [6.45, 7) is 0.674. The zero-order valence-corrected chi connectivity index (χ0v) is 13.4. The van der Waals surface area contributed by atoms with E-state index in [-0.39, 0.29) is 12.6 Å². The van der Waals surface area contributed by atoms with Crippen LogP contribution in [0, 0.1) is 6.92 Å². The number of hydrogen-bond acceptors (Lipinski definition) is 2. The van der Waals surface area contributed by atoms with Gasteiger partial charge in [-0.3, -0.25) is 0 Å². The van der Waals surface area contributed by atoms with Crippen LogP contribution in [0.5, 0.6) is 0 Å². The van der Waals surface area contributed by atoms with E-state index in [1.165, 1.54) is 0 Å². The molecule has 0 bridgehead atoms. The first-order valence-electron chi connectivity index (χ1n) is 5.56. The van der Waals surface area contributed by atoms with Crippen molar-refractivity contribution in [3.63, 3.8) is 0 Å². The maximum Gasteiger partial charge on any atom is 0.411 e. The molecule has 0 amide bonds. The summed E-state index contributed by atoms with van der Waals surface area (Å²) in [5, 5.41) is 0. The molecule has 0 saturated carbocycles. The van der Waals surface area contributed by atoms with Crippen molar-refractivity contribution in [3.8, 4) is 0 Å². The normalized spacial score (nSPS) is 13.6. The summed E-state index contributed by atoms with van der Waals surface area (Å²) in [6, 6.07) is 3.41. The zero-order valence-electron chi connectivity index (χ0n) is 10.2. The number of benzene rings is 1. The van der Waals surface area contributed by atoms with Crippen LogP contribution >= 0.6 is 31.9 Å². The van der Waals surface area contributed by atoms with E-state index in [2.05, 4.69) is 36.6 Å². The molecule has 108 valence electrons. The molecule has 19 heavy (non-hydrogen) atoms. The van der Waals surface area contributed by atoms with E-state index < -0.39 is 12.8 Å². The van der Waals surface area contributed by atoms with Gasteiger partial charge < -0.3 is 10.5 Å². The molecule has 1 aromatic carbocycles. The molecular weight excluding hydrogens is 391 g/mol. The highest BCUT2D eigenvalue weighted by Gasteiger charge is 2.27. The van der Waals surface area contributed by atoms with Gasteiger partial charge in [-0.1, -0.05) is 31.9 Å². The van der Waals surface area contributed by atoms with Gasteiger partial charge in [-0.15, -0.1) is 0 Å². The quantitative estimate of drug-likeness (QED) is 0.734. The Morgan fingerprint density at radius 3 is 2.47 bits per heavy atom. The fourth-order valence-corrected chi connectivity index (χ4v) is 2.61. The Morgan fingerprint density at radius 1 is 1.26 bits per heavy atom. The molecule has 0 saturated heterocycles. The highest BCUT2D eigenvalue weighted by molar-refractivity contribution is 9.11. The highest BCUT2D eigenvalue weighted by atomic mass is 79.9. The van der Waals surface area contributed by atoms with Gasteiger partial charge in [0, 0.05) is 21.6 Å². The largest absolute Gasteiger partial charge is 0.411 e. The molecule has 2 nitrogen and oxygen atoms in total. The molecule has 0 aliphatic carbocycles. The van der Waals surface area contributed by atoms with Gasteiger partial charge in [0.25, 0.3) is 0 Å². The van der Waals surface area contributed by atoms with Gasteiger partial charge in [-0.25, -0.2) is 0 Å². The minimum Gasteiger partial charge on any atom is -0.372 e. The topological polar surface area (TPSA) is 35.2 Å². The number of aryl methyl sites for hydroxylation is 1. The lowest BCUT2D eigenvalue weighted by atomic mass is 10.0. The molecule has 0 fully saturated rings. The minimum atomic E-state index is -4.29. The van der Waals surface area contributed by atoms with Crippen LogP contribution in [0.25, 0.3) is 0 Å². The molecular formula is C12H14Br2F3NO. The lowest BCUT2D eigenvalue weighted by Gasteiger charge is -2.16. The maximum atomic E-state index is 11.9. The number of ether oxygens (including phenoxy) is 1. The fraction of sp³-hybridized carbons (Fsp3) is 0.500. The summed E-state index contributed by atoms with van der Waals surface area (Å²) in [5.74, 6) is 0. The molecule has 7 heteroatoms. The number of rotatable bonds is 5. The zero-order chi connectivity index (χ0) is 14.6. The second-order valence-corrected chi connectivity index (χ2v) is 5.89.